The maximum Gasteiger partial charge on any atom is 0.333 e. The first-order valence-electron chi connectivity index (χ1n) is 4.31. The van der Waals surface area contributed by atoms with Crippen molar-refractivity contribution in [1.82, 2.24) is 0 Å². The molecule has 0 aromatic heterocycles. The van der Waals surface area contributed by atoms with E-state index in [1.54, 1.807) is 13.8 Å². The summed E-state index contributed by atoms with van der Waals surface area (Å²) in [6.07, 6.45) is -0.226. The van der Waals surface area contributed by atoms with Crippen molar-refractivity contribution in [3.63, 3.8) is 0 Å². The van der Waals surface area contributed by atoms with Gasteiger partial charge in [0.1, 0.15) is 0 Å². The predicted octanol–water partition coefficient (Wildman–Crippen LogP) is 1.69. The second kappa shape index (κ2) is 4.57. The fraction of sp³-hybridized carbons (Fsp3) is 0.667. The Labute approximate surface area is 80.5 Å². The molecule has 0 bridgehead atoms. The molecule has 13 heavy (non-hydrogen) atoms. The van der Waals surface area contributed by atoms with Gasteiger partial charge in [-0.05, 0) is 26.9 Å². The molecular formula is C9H18O3Si. The van der Waals surface area contributed by atoms with E-state index in [9.17, 15) is 9.59 Å². The Hall–Kier alpha value is -0.613. The van der Waals surface area contributed by atoms with Gasteiger partial charge in [-0.15, -0.1) is 0 Å². The zero-order valence-electron chi connectivity index (χ0n) is 8.76. The molecule has 0 aromatic rings. The van der Waals surface area contributed by atoms with Gasteiger partial charge in [-0.2, -0.15) is 0 Å². The summed E-state index contributed by atoms with van der Waals surface area (Å²) >= 11 is 0. The van der Waals surface area contributed by atoms with Crippen LogP contribution in [0, 0.1) is 0 Å². The normalized spacial score (nSPS) is 13.6. The maximum absolute atomic E-state index is 11.1. The van der Waals surface area contributed by atoms with Gasteiger partial charge in [0, 0.05) is 11.6 Å². The summed E-state index contributed by atoms with van der Waals surface area (Å²) in [7, 11) is -2.13. The van der Waals surface area contributed by atoms with Crippen molar-refractivity contribution >= 4 is 14.3 Å². The number of ether oxygens (including phenoxy) is 1. The van der Waals surface area contributed by atoms with E-state index >= 15 is 0 Å². The third-order valence-electron chi connectivity index (χ3n) is 1.44. The third kappa shape index (κ3) is 6.54. The lowest BCUT2D eigenvalue weighted by Gasteiger charge is -2.19. The van der Waals surface area contributed by atoms with Crippen LogP contribution in [-0.4, -0.2) is 25.2 Å². The van der Waals surface area contributed by atoms with E-state index in [1.807, 2.05) is 13.1 Å². The molecule has 0 rings (SSSR count). The summed E-state index contributed by atoms with van der Waals surface area (Å²) in [6, 6.07) is 0.562. The molecular weight excluding hydrogens is 184 g/mol. The highest BCUT2D eigenvalue weighted by Crippen LogP contribution is 2.12. The molecule has 0 aliphatic heterocycles. The van der Waals surface area contributed by atoms with Gasteiger partial charge >= 0.3 is 5.97 Å². The summed E-state index contributed by atoms with van der Waals surface area (Å²) in [5.74, 6) is -0.384. The van der Waals surface area contributed by atoms with Crippen LogP contribution in [0.3, 0.4) is 0 Å². The maximum atomic E-state index is 11.1. The topological polar surface area (TPSA) is 46.5 Å². The Morgan fingerprint density at radius 3 is 2.38 bits per heavy atom. The average Bonchev–Trinajstić information content (AvgIpc) is 1.81. The van der Waals surface area contributed by atoms with Gasteiger partial charge < -0.3 is 9.53 Å². The molecule has 4 heteroatoms. The van der Waals surface area contributed by atoms with Crippen molar-refractivity contribution < 1.29 is 14.3 Å². The quantitative estimate of drug-likeness (QED) is 0.429. The molecule has 1 N–H and O–H groups in total. The lowest BCUT2D eigenvalue weighted by Crippen LogP contribution is -2.31. The summed E-state index contributed by atoms with van der Waals surface area (Å²) in [6.45, 7) is 10.5. The predicted molar refractivity (Wildman–Crippen MR) is 54.9 cm³/mol. The zero-order chi connectivity index (χ0) is 10.6. The van der Waals surface area contributed by atoms with Gasteiger partial charge in [-0.1, -0.05) is 6.58 Å². The minimum Gasteiger partial charge on any atom is -0.460 e. The monoisotopic (exact) mass is 202 g/mol. The molecule has 1 unspecified atom stereocenters. The van der Waals surface area contributed by atoms with Crippen LogP contribution < -0.4 is 0 Å². The molecule has 0 aromatic carbocycles. The number of carbonyl (C=O) groups is 1. The SMILES string of the molecule is C=C(C)C(=O)OC(C)C[Si](C)(C)O. The van der Waals surface area contributed by atoms with Gasteiger partial charge in [-0.25, -0.2) is 4.79 Å². The van der Waals surface area contributed by atoms with Crippen LogP contribution in [0.25, 0.3) is 0 Å². The number of carbonyl (C=O) groups excluding carboxylic acids is 1. The molecule has 76 valence electrons. The highest BCUT2D eigenvalue weighted by molar-refractivity contribution is 6.69. The molecule has 0 saturated carbocycles. The van der Waals surface area contributed by atoms with Crippen molar-refractivity contribution in [2.24, 2.45) is 0 Å². The fourth-order valence-corrected chi connectivity index (χ4v) is 2.52. The van der Waals surface area contributed by atoms with Crippen LogP contribution in [0.1, 0.15) is 13.8 Å². The summed E-state index contributed by atoms with van der Waals surface area (Å²) < 4.78 is 5.02. The van der Waals surface area contributed by atoms with Crippen molar-refractivity contribution in [2.45, 2.75) is 39.1 Å². The van der Waals surface area contributed by atoms with E-state index < -0.39 is 8.32 Å². The molecule has 1 atom stereocenters. The van der Waals surface area contributed by atoms with Crippen LogP contribution in [0.15, 0.2) is 12.2 Å². The van der Waals surface area contributed by atoms with Crippen molar-refractivity contribution in [2.75, 3.05) is 0 Å². The number of hydrogen-bond donors (Lipinski definition) is 1. The van der Waals surface area contributed by atoms with Crippen molar-refractivity contribution in [3.8, 4) is 0 Å². The Kier molecular flexibility index (Phi) is 4.36. The van der Waals surface area contributed by atoms with Crippen molar-refractivity contribution in [3.05, 3.63) is 12.2 Å². The van der Waals surface area contributed by atoms with Crippen LogP contribution in [-0.2, 0) is 9.53 Å². The number of hydrogen-bond acceptors (Lipinski definition) is 3. The highest BCUT2D eigenvalue weighted by Gasteiger charge is 2.22. The van der Waals surface area contributed by atoms with E-state index in [0.717, 1.165) is 0 Å². The molecule has 0 radical (unpaired) electrons. The van der Waals surface area contributed by atoms with Crippen LogP contribution in [0.2, 0.25) is 19.1 Å². The van der Waals surface area contributed by atoms with E-state index in [-0.39, 0.29) is 12.1 Å². The lowest BCUT2D eigenvalue weighted by molar-refractivity contribution is -0.142. The van der Waals surface area contributed by atoms with Crippen molar-refractivity contribution in [1.29, 1.82) is 0 Å². The zero-order valence-corrected chi connectivity index (χ0v) is 9.76. The fourth-order valence-electron chi connectivity index (χ4n) is 1.03. The second-order valence-electron chi connectivity index (χ2n) is 4.01. The Bertz CT molecular complexity index is 205. The van der Waals surface area contributed by atoms with Gasteiger partial charge in [0.25, 0.3) is 0 Å². The Balaban J connectivity index is 3.95. The minimum atomic E-state index is -2.13. The molecule has 0 heterocycles. The summed E-state index contributed by atoms with van der Waals surface area (Å²) in [5, 5.41) is 0. The molecule has 3 nitrogen and oxygen atoms in total. The van der Waals surface area contributed by atoms with Gasteiger partial charge in [0.2, 0.25) is 0 Å². The number of rotatable bonds is 4. The first-order valence-corrected chi connectivity index (χ1v) is 7.46. The molecule has 0 aliphatic rings. The van der Waals surface area contributed by atoms with Crippen LogP contribution in [0.4, 0.5) is 0 Å². The average molecular weight is 202 g/mol. The van der Waals surface area contributed by atoms with E-state index in [1.165, 1.54) is 0 Å². The van der Waals surface area contributed by atoms with Gasteiger partial charge in [0.15, 0.2) is 8.32 Å². The molecule has 0 spiro atoms. The second-order valence-corrected chi connectivity index (χ2v) is 8.05. The van der Waals surface area contributed by atoms with Gasteiger partial charge in [-0.3, -0.25) is 0 Å². The third-order valence-corrected chi connectivity index (χ3v) is 3.02. The van der Waals surface area contributed by atoms with E-state index in [0.29, 0.717) is 11.6 Å². The molecule has 0 saturated heterocycles. The largest absolute Gasteiger partial charge is 0.460 e. The van der Waals surface area contributed by atoms with E-state index in [4.69, 9.17) is 4.74 Å². The standard InChI is InChI=1S/C9H18O3Si/c1-7(2)9(10)12-8(3)6-13(4,5)11/h8,11H,1,6H2,2-5H3. The molecule has 0 fully saturated rings. The Morgan fingerprint density at radius 1 is 1.62 bits per heavy atom. The first-order chi connectivity index (χ1) is 5.72. The summed E-state index contributed by atoms with van der Waals surface area (Å²) in [5.41, 5.74) is 0.393. The lowest BCUT2D eigenvalue weighted by atomic mass is 10.3. The minimum absolute atomic E-state index is 0.226. The smallest absolute Gasteiger partial charge is 0.333 e. The summed E-state index contributed by atoms with van der Waals surface area (Å²) in [4.78, 5) is 20.6. The number of esters is 1. The highest BCUT2D eigenvalue weighted by atomic mass is 28.4. The molecule has 0 amide bonds. The Morgan fingerprint density at radius 2 is 2.08 bits per heavy atom. The van der Waals surface area contributed by atoms with Crippen LogP contribution in [0.5, 0.6) is 0 Å². The van der Waals surface area contributed by atoms with E-state index in [2.05, 4.69) is 6.58 Å². The van der Waals surface area contributed by atoms with Crippen LogP contribution >= 0.6 is 0 Å². The molecule has 0 aliphatic carbocycles. The first kappa shape index (κ1) is 12.4. The van der Waals surface area contributed by atoms with Gasteiger partial charge in [0.05, 0.1) is 6.10 Å².